The van der Waals surface area contributed by atoms with Gasteiger partial charge in [-0.1, -0.05) is 35.9 Å². The molecular formula is C25H20ClN7O4. The van der Waals surface area contributed by atoms with Crippen molar-refractivity contribution in [3.63, 3.8) is 0 Å². The van der Waals surface area contributed by atoms with Gasteiger partial charge in [0.15, 0.2) is 17.6 Å². The molecule has 1 aromatic carbocycles. The van der Waals surface area contributed by atoms with Crippen LogP contribution in [0.25, 0.3) is 39.4 Å². The molecule has 1 unspecified atom stereocenters. The van der Waals surface area contributed by atoms with Gasteiger partial charge in [0.25, 0.3) is 6.01 Å². The molecule has 2 aliphatic heterocycles. The number of imidazole rings is 1. The molecule has 0 spiro atoms. The van der Waals surface area contributed by atoms with Gasteiger partial charge in [-0.3, -0.25) is 0 Å². The molecular weight excluding hydrogens is 498 g/mol. The minimum absolute atomic E-state index is 0.235. The molecule has 4 atom stereocenters. The number of ether oxygens (including phenoxy) is 3. The van der Waals surface area contributed by atoms with E-state index in [4.69, 9.17) is 25.8 Å². The minimum atomic E-state index is -0.640. The first-order chi connectivity index (χ1) is 18.1. The minimum Gasteiger partial charge on any atom is -0.456 e. The van der Waals surface area contributed by atoms with Crippen LogP contribution in [-0.4, -0.2) is 77.7 Å². The zero-order chi connectivity index (χ0) is 24.9. The van der Waals surface area contributed by atoms with E-state index >= 15 is 0 Å². The summed E-state index contributed by atoms with van der Waals surface area (Å²) in [4.78, 5) is 18.2. The van der Waals surface area contributed by atoms with Crippen molar-refractivity contribution in [1.29, 1.82) is 0 Å². The second-order valence-corrected chi connectivity index (χ2v) is 9.26. The first-order valence-electron chi connectivity index (χ1n) is 11.7. The number of nitrogens with one attached hydrogen (secondary N) is 1. The second-order valence-electron chi connectivity index (χ2n) is 8.85. The zero-order valence-electron chi connectivity index (χ0n) is 19.2. The van der Waals surface area contributed by atoms with Crippen LogP contribution in [0, 0.1) is 0 Å². The number of aliphatic hydroxyl groups is 1. The normalized spacial score (nSPS) is 23.0. The molecule has 37 heavy (non-hydrogen) atoms. The third-order valence-electron chi connectivity index (χ3n) is 6.51. The molecule has 5 aromatic rings. The van der Waals surface area contributed by atoms with Gasteiger partial charge in [0.1, 0.15) is 18.3 Å². The lowest BCUT2D eigenvalue weighted by Crippen LogP contribution is -2.34. The average Bonchev–Trinajstić information content (AvgIpc) is 3.71. The van der Waals surface area contributed by atoms with E-state index in [1.54, 1.807) is 24.7 Å². The highest BCUT2D eigenvalue weighted by molar-refractivity contribution is 6.33. The summed E-state index contributed by atoms with van der Waals surface area (Å²) in [7, 11) is 0. The van der Waals surface area contributed by atoms with Gasteiger partial charge in [0.05, 0.1) is 41.8 Å². The van der Waals surface area contributed by atoms with Gasteiger partial charge in [0.2, 0.25) is 0 Å². The van der Waals surface area contributed by atoms with Crippen LogP contribution in [0.15, 0.2) is 61.1 Å². The number of fused-ring (bicyclic) bond motifs is 2. The van der Waals surface area contributed by atoms with Crippen LogP contribution in [0.4, 0.5) is 0 Å². The molecule has 186 valence electrons. The number of rotatable bonds is 5. The molecule has 0 aliphatic carbocycles. The molecule has 0 radical (unpaired) electrons. The summed E-state index contributed by atoms with van der Waals surface area (Å²) in [5, 5.41) is 18.6. The van der Waals surface area contributed by atoms with Crippen LogP contribution >= 0.6 is 11.6 Å². The molecule has 7 rings (SSSR count). The Bertz CT molecular complexity index is 1560. The smallest absolute Gasteiger partial charge is 0.296 e. The maximum absolute atomic E-state index is 9.93. The Morgan fingerprint density at radius 1 is 0.946 bits per heavy atom. The first-order valence-corrected chi connectivity index (χ1v) is 12.1. The standard InChI is InChI=1S/C25H20ClN7O4/c26-16-9-17-24(32-25(30-17)37-19-12-36-22-18(34)11-35-23(19)22)31-21(16)14-3-1-13(2-4-14)15-5-6-20(27-10-15)33-28-7-8-29-33/h1-10,18-19,22-23,34H,11-12H2,(H,30,31,32)/t18-,19-,22?,23-/m1/s1. The predicted molar refractivity (Wildman–Crippen MR) is 132 cm³/mol. The third kappa shape index (κ3) is 4.02. The number of aliphatic hydroxyl groups excluding tert-OH is 1. The van der Waals surface area contributed by atoms with Crippen LogP contribution in [0.1, 0.15) is 0 Å². The molecule has 0 saturated carbocycles. The number of benzene rings is 1. The van der Waals surface area contributed by atoms with Crippen molar-refractivity contribution >= 4 is 22.8 Å². The Balaban J connectivity index is 1.11. The predicted octanol–water partition coefficient (Wildman–Crippen LogP) is 2.83. The Morgan fingerprint density at radius 3 is 2.49 bits per heavy atom. The molecule has 4 aromatic heterocycles. The average molecular weight is 518 g/mol. The van der Waals surface area contributed by atoms with E-state index in [9.17, 15) is 5.11 Å². The summed E-state index contributed by atoms with van der Waals surface area (Å²) >= 11 is 6.59. The Labute approximate surface area is 215 Å². The van der Waals surface area contributed by atoms with E-state index in [0.29, 0.717) is 40.3 Å². The van der Waals surface area contributed by atoms with E-state index in [1.165, 1.54) is 4.80 Å². The largest absolute Gasteiger partial charge is 0.456 e. The first kappa shape index (κ1) is 22.3. The lowest BCUT2D eigenvalue weighted by molar-refractivity contribution is 0.00706. The van der Waals surface area contributed by atoms with Gasteiger partial charge in [-0.15, -0.1) is 4.80 Å². The SMILES string of the molecule is O[C@@H]1CO[C@H]2C1OC[C@H]2Oc1nc2nc(-c3ccc(-c4ccc(-n5nccn5)nc4)cc3)c(Cl)cc2[nH]1. The fraction of sp³-hybridized carbons (Fsp3) is 0.240. The molecule has 11 nitrogen and oxygen atoms in total. The van der Waals surface area contributed by atoms with Gasteiger partial charge < -0.3 is 24.3 Å². The monoisotopic (exact) mass is 517 g/mol. The molecule has 6 heterocycles. The van der Waals surface area contributed by atoms with Crippen LogP contribution in [-0.2, 0) is 9.47 Å². The van der Waals surface area contributed by atoms with Gasteiger partial charge in [-0.25, -0.2) is 9.97 Å². The van der Waals surface area contributed by atoms with Gasteiger partial charge in [-0.05, 0) is 23.8 Å². The molecule has 0 bridgehead atoms. The molecule has 2 aliphatic rings. The van der Waals surface area contributed by atoms with Crippen molar-refractivity contribution in [1.82, 2.24) is 34.9 Å². The third-order valence-corrected chi connectivity index (χ3v) is 6.80. The fourth-order valence-electron chi connectivity index (χ4n) is 4.67. The van der Waals surface area contributed by atoms with Crippen molar-refractivity contribution in [2.75, 3.05) is 13.2 Å². The lowest BCUT2D eigenvalue weighted by Gasteiger charge is -2.15. The number of pyridine rings is 2. The summed E-state index contributed by atoms with van der Waals surface area (Å²) in [6.07, 6.45) is 3.28. The number of nitrogens with zero attached hydrogens (tertiary/aromatic N) is 6. The number of hydrogen-bond donors (Lipinski definition) is 2. The van der Waals surface area contributed by atoms with Crippen molar-refractivity contribution in [3.05, 3.63) is 66.1 Å². The van der Waals surface area contributed by atoms with Crippen molar-refractivity contribution < 1.29 is 19.3 Å². The van der Waals surface area contributed by atoms with Crippen molar-refractivity contribution in [2.24, 2.45) is 0 Å². The van der Waals surface area contributed by atoms with Crippen LogP contribution < -0.4 is 4.74 Å². The van der Waals surface area contributed by atoms with Crippen LogP contribution in [0.5, 0.6) is 6.01 Å². The summed E-state index contributed by atoms with van der Waals surface area (Å²) in [5.74, 6) is 0.644. The Morgan fingerprint density at radius 2 is 1.70 bits per heavy atom. The fourth-order valence-corrected chi connectivity index (χ4v) is 4.93. The topological polar surface area (TPSA) is 133 Å². The summed E-state index contributed by atoms with van der Waals surface area (Å²) in [5.41, 5.74) is 4.56. The van der Waals surface area contributed by atoms with Crippen LogP contribution in [0.3, 0.4) is 0 Å². The van der Waals surface area contributed by atoms with Gasteiger partial charge in [0, 0.05) is 17.3 Å². The number of aromatic nitrogens is 7. The maximum Gasteiger partial charge on any atom is 0.296 e. The zero-order valence-corrected chi connectivity index (χ0v) is 20.0. The molecule has 2 fully saturated rings. The molecule has 0 amide bonds. The van der Waals surface area contributed by atoms with E-state index in [1.807, 2.05) is 36.4 Å². The summed E-state index contributed by atoms with van der Waals surface area (Å²) in [6, 6.07) is 13.8. The molecule has 2 N–H and O–H groups in total. The quantitative estimate of drug-likeness (QED) is 0.361. The Kier molecular flexibility index (Phi) is 5.36. The van der Waals surface area contributed by atoms with E-state index in [0.717, 1.165) is 16.7 Å². The number of H-pyrrole nitrogens is 1. The second kappa shape index (κ2) is 8.89. The van der Waals surface area contributed by atoms with Crippen molar-refractivity contribution in [3.8, 4) is 34.2 Å². The lowest BCUT2D eigenvalue weighted by atomic mass is 10.0. The van der Waals surface area contributed by atoms with E-state index in [-0.39, 0.29) is 24.9 Å². The van der Waals surface area contributed by atoms with Crippen molar-refractivity contribution in [2.45, 2.75) is 24.4 Å². The van der Waals surface area contributed by atoms with E-state index in [2.05, 4.69) is 30.1 Å². The molecule has 2 saturated heterocycles. The number of aromatic amines is 1. The highest BCUT2D eigenvalue weighted by Gasteiger charge is 2.48. The van der Waals surface area contributed by atoms with Crippen LogP contribution in [0.2, 0.25) is 5.02 Å². The number of halogens is 1. The number of hydrogen-bond acceptors (Lipinski definition) is 9. The molecule has 12 heteroatoms. The van der Waals surface area contributed by atoms with Gasteiger partial charge in [-0.2, -0.15) is 15.2 Å². The van der Waals surface area contributed by atoms with E-state index < -0.39 is 6.10 Å². The summed E-state index contributed by atoms with van der Waals surface area (Å²) in [6.45, 7) is 0.548. The highest BCUT2D eigenvalue weighted by Crippen LogP contribution is 2.33. The summed E-state index contributed by atoms with van der Waals surface area (Å²) < 4.78 is 17.2. The Hall–Kier alpha value is -3.90. The maximum atomic E-state index is 9.93. The highest BCUT2D eigenvalue weighted by atomic mass is 35.5. The van der Waals surface area contributed by atoms with Gasteiger partial charge >= 0.3 is 0 Å².